The standard InChI is InChI=1S/C15H16N2O/c1-12-4-2-6-14(10-12)15(18)17-9-7-13-5-3-8-16-11-13/h2-6,8,10-11H,7,9H2,1H3,(H,17,18). The Labute approximate surface area is 107 Å². The van der Waals surface area contributed by atoms with Crippen LogP contribution in [0.4, 0.5) is 0 Å². The Kier molecular flexibility index (Phi) is 4.07. The Hall–Kier alpha value is -2.16. The Morgan fingerprint density at radius 1 is 1.28 bits per heavy atom. The molecular weight excluding hydrogens is 224 g/mol. The molecule has 0 aliphatic heterocycles. The zero-order chi connectivity index (χ0) is 12.8. The van der Waals surface area contributed by atoms with Crippen LogP contribution in [0, 0.1) is 6.92 Å². The smallest absolute Gasteiger partial charge is 0.251 e. The number of pyridine rings is 1. The van der Waals surface area contributed by atoms with Gasteiger partial charge in [0.25, 0.3) is 5.91 Å². The molecule has 0 saturated heterocycles. The summed E-state index contributed by atoms with van der Waals surface area (Å²) in [5, 5.41) is 2.91. The van der Waals surface area contributed by atoms with Gasteiger partial charge in [0.2, 0.25) is 0 Å². The molecule has 2 aromatic rings. The number of aryl methyl sites for hydroxylation is 1. The summed E-state index contributed by atoms with van der Waals surface area (Å²) in [6, 6.07) is 11.5. The highest BCUT2D eigenvalue weighted by Crippen LogP contribution is 2.03. The van der Waals surface area contributed by atoms with Gasteiger partial charge in [0, 0.05) is 24.5 Å². The lowest BCUT2D eigenvalue weighted by Crippen LogP contribution is -2.25. The minimum Gasteiger partial charge on any atom is -0.352 e. The van der Waals surface area contributed by atoms with Gasteiger partial charge < -0.3 is 5.32 Å². The summed E-state index contributed by atoms with van der Waals surface area (Å²) in [6.45, 7) is 2.60. The molecule has 0 aliphatic carbocycles. The van der Waals surface area contributed by atoms with Crippen molar-refractivity contribution in [1.29, 1.82) is 0 Å². The predicted octanol–water partition coefficient (Wildman–Crippen LogP) is 2.36. The number of carbonyl (C=O) groups is 1. The van der Waals surface area contributed by atoms with E-state index in [2.05, 4.69) is 10.3 Å². The molecule has 92 valence electrons. The molecule has 3 nitrogen and oxygen atoms in total. The first kappa shape index (κ1) is 12.3. The lowest BCUT2D eigenvalue weighted by Gasteiger charge is -2.05. The van der Waals surface area contributed by atoms with Gasteiger partial charge in [0.05, 0.1) is 0 Å². The van der Waals surface area contributed by atoms with Gasteiger partial charge in [-0.25, -0.2) is 0 Å². The normalized spacial score (nSPS) is 10.1. The van der Waals surface area contributed by atoms with Gasteiger partial charge >= 0.3 is 0 Å². The van der Waals surface area contributed by atoms with Crippen molar-refractivity contribution in [2.75, 3.05) is 6.54 Å². The summed E-state index contributed by atoms with van der Waals surface area (Å²) in [4.78, 5) is 15.9. The minimum absolute atomic E-state index is 0.0254. The molecule has 1 heterocycles. The lowest BCUT2D eigenvalue weighted by molar-refractivity contribution is 0.0954. The fraction of sp³-hybridized carbons (Fsp3) is 0.200. The highest BCUT2D eigenvalue weighted by molar-refractivity contribution is 5.94. The third-order valence-electron chi connectivity index (χ3n) is 2.70. The SMILES string of the molecule is Cc1cccc(C(=O)NCCc2cccnc2)c1. The molecule has 2 rings (SSSR count). The van der Waals surface area contributed by atoms with Crippen molar-refractivity contribution >= 4 is 5.91 Å². The van der Waals surface area contributed by atoms with E-state index >= 15 is 0 Å². The maximum atomic E-state index is 11.9. The fourth-order valence-electron chi connectivity index (χ4n) is 1.75. The van der Waals surface area contributed by atoms with Gasteiger partial charge in [0.1, 0.15) is 0 Å². The first-order valence-electron chi connectivity index (χ1n) is 5.99. The molecule has 1 N–H and O–H groups in total. The number of nitrogens with zero attached hydrogens (tertiary/aromatic N) is 1. The largest absolute Gasteiger partial charge is 0.352 e. The maximum Gasteiger partial charge on any atom is 0.251 e. The van der Waals surface area contributed by atoms with E-state index in [0.717, 1.165) is 17.5 Å². The average molecular weight is 240 g/mol. The number of amides is 1. The molecule has 1 aromatic carbocycles. The van der Waals surface area contributed by atoms with Gasteiger partial charge in [-0.3, -0.25) is 9.78 Å². The molecule has 0 spiro atoms. The molecule has 0 radical (unpaired) electrons. The van der Waals surface area contributed by atoms with Crippen LogP contribution >= 0.6 is 0 Å². The van der Waals surface area contributed by atoms with Crippen LogP contribution in [0.3, 0.4) is 0 Å². The highest BCUT2D eigenvalue weighted by Gasteiger charge is 2.04. The topological polar surface area (TPSA) is 42.0 Å². The van der Waals surface area contributed by atoms with Crippen LogP contribution in [-0.4, -0.2) is 17.4 Å². The van der Waals surface area contributed by atoms with Gasteiger partial charge in [-0.15, -0.1) is 0 Å². The van der Waals surface area contributed by atoms with E-state index in [1.54, 1.807) is 6.20 Å². The zero-order valence-corrected chi connectivity index (χ0v) is 10.4. The second-order valence-corrected chi connectivity index (χ2v) is 4.24. The van der Waals surface area contributed by atoms with E-state index in [1.807, 2.05) is 49.5 Å². The Morgan fingerprint density at radius 3 is 2.89 bits per heavy atom. The summed E-state index contributed by atoms with van der Waals surface area (Å²) in [5.41, 5.74) is 2.93. The van der Waals surface area contributed by atoms with Crippen LogP contribution in [0.2, 0.25) is 0 Å². The first-order chi connectivity index (χ1) is 8.75. The number of rotatable bonds is 4. The molecular formula is C15H16N2O. The third kappa shape index (κ3) is 3.42. The summed E-state index contributed by atoms with van der Waals surface area (Å²) in [6.07, 6.45) is 4.36. The monoisotopic (exact) mass is 240 g/mol. The zero-order valence-electron chi connectivity index (χ0n) is 10.4. The summed E-state index contributed by atoms with van der Waals surface area (Å²) >= 11 is 0. The van der Waals surface area contributed by atoms with Crippen LogP contribution in [0.15, 0.2) is 48.8 Å². The van der Waals surface area contributed by atoms with Crippen molar-refractivity contribution in [2.24, 2.45) is 0 Å². The van der Waals surface area contributed by atoms with Crippen LogP contribution in [-0.2, 0) is 6.42 Å². The third-order valence-corrected chi connectivity index (χ3v) is 2.70. The number of hydrogen-bond donors (Lipinski definition) is 1. The second kappa shape index (κ2) is 5.96. The van der Waals surface area contributed by atoms with E-state index in [-0.39, 0.29) is 5.91 Å². The molecule has 0 unspecified atom stereocenters. The Balaban J connectivity index is 1.86. The van der Waals surface area contributed by atoms with Crippen LogP contribution < -0.4 is 5.32 Å². The maximum absolute atomic E-state index is 11.9. The minimum atomic E-state index is -0.0254. The van der Waals surface area contributed by atoms with E-state index < -0.39 is 0 Å². The lowest BCUT2D eigenvalue weighted by atomic mass is 10.1. The number of carbonyl (C=O) groups excluding carboxylic acids is 1. The second-order valence-electron chi connectivity index (χ2n) is 4.24. The molecule has 1 amide bonds. The van der Waals surface area contributed by atoms with Crippen LogP contribution in [0.25, 0.3) is 0 Å². The van der Waals surface area contributed by atoms with Crippen molar-refractivity contribution in [1.82, 2.24) is 10.3 Å². The first-order valence-corrected chi connectivity index (χ1v) is 5.99. The van der Waals surface area contributed by atoms with Crippen molar-refractivity contribution in [2.45, 2.75) is 13.3 Å². The Morgan fingerprint density at radius 2 is 2.17 bits per heavy atom. The molecule has 18 heavy (non-hydrogen) atoms. The Bertz CT molecular complexity index is 523. The number of aromatic nitrogens is 1. The number of benzene rings is 1. The van der Waals surface area contributed by atoms with E-state index in [4.69, 9.17) is 0 Å². The van der Waals surface area contributed by atoms with Crippen molar-refractivity contribution in [3.05, 3.63) is 65.5 Å². The van der Waals surface area contributed by atoms with E-state index in [0.29, 0.717) is 12.1 Å². The quantitative estimate of drug-likeness (QED) is 0.891. The van der Waals surface area contributed by atoms with Gasteiger partial charge in [-0.2, -0.15) is 0 Å². The molecule has 0 fully saturated rings. The van der Waals surface area contributed by atoms with Crippen molar-refractivity contribution in [3.63, 3.8) is 0 Å². The molecule has 1 aromatic heterocycles. The van der Waals surface area contributed by atoms with E-state index in [9.17, 15) is 4.79 Å². The predicted molar refractivity (Wildman–Crippen MR) is 71.5 cm³/mol. The number of hydrogen-bond acceptors (Lipinski definition) is 2. The number of nitrogens with one attached hydrogen (secondary N) is 1. The van der Waals surface area contributed by atoms with Crippen molar-refractivity contribution in [3.8, 4) is 0 Å². The van der Waals surface area contributed by atoms with Gasteiger partial charge in [0.15, 0.2) is 0 Å². The summed E-state index contributed by atoms with van der Waals surface area (Å²) < 4.78 is 0. The fourth-order valence-corrected chi connectivity index (χ4v) is 1.75. The van der Waals surface area contributed by atoms with Gasteiger partial charge in [-0.1, -0.05) is 23.8 Å². The van der Waals surface area contributed by atoms with Gasteiger partial charge in [-0.05, 0) is 37.1 Å². The highest BCUT2D eigenvalue weighted by atomic mass is 16.1. The molecule has 3 heteroatoms. The molecule has 0 bridgehead atoms. The summed E-state index contributed by atoms with van der Waals surface area (Å²) in [5.74, 6) is -0.0254. The molecule has 0 atom stereocenters. The molecule has 0 aliphatic rings. The average Bonchev–Trinajstić information content (AvgIpc) is 2.40. The van der Waals surface area contributed by atoms with Crippen molar-refractivity contribution < 1.29 is 4.79 Å². The van der Waals surface area contributed by atoms with E-state index in [1.165, 1.54) is 0 Å². The summed E-state index contributed by atoms with van der Waals surface area (Å²) in [7, 11) is 0. The van der Waals surface area contributed by atoms with Crippen LogP contribution in [0.5, 0.6) is 0 Å². The molecule has 0 saturated carbocycles. The van der Waals surface area contributed by atoms with Crippen LogP contribution in [0.1, 0.15) is 21.5 Å².